The summed E-state index contributed by atoms with van der Waals surface area (Å²) in [6.07, 6.45) is 4.66. The van der Waals surface area contributed by atoms with E-state index in [0.29, 0.717) is 5.82 Å². The van der Waals surface area contributed by atoms with Gasteiger partial charge in [0.25, 0.3) is 0 Å². The van der Waals surface area contributed by atoms with Crippen LogP contribution in [0.2, 0.25) is 0 Å². The third-order valence-electron chi connectivity index (χ3n) is 2.48. The lowest BCUT2D eigenvalue weighted by molar-refractivity contribution is 0.0492. The van der Waals surface area contributed by atoms with Crippen LogP contribution < -0.4 is 5.32 Å². The lowest BCUT2D eigenvalue weighted by Gasteiger charge is -2.22. The Morgan fingerprint density at radius 2 is 1.94 bits per heavy atom. The lowest BCUT2D eigenvalue weighted by Crippen LogP contribution is -2.40. The maximum Gasteiger partial charge on any atom is 0.408 e. The van der Waals surface area contributed by atoms with Crippen LogP contribution in [0.15, 0.2) is 18.5 Å². The molecule has 0 aliphatic heterocycles. The highest BCUT2D eigenvalue weighted by atomic mass is 16.6. The SMILES string of the molecule is CC(C)(C)OC(=O)NC1(c2ncccn2)CC1. The average Bonchev–Trinajstić information content (AvgIpc) is 2.97. The van der Waals surface area contributed by atoms with E-state index in [1.165, 1.54) is 0 Å². The molecule has 1 amide bonds. The normalized spacial score (nSPS) is 17.4. The second kappa shape index (κ2) is 3.98. The molecular weight excluding hydrogens is 218 g/mol. The summed E-state index contributed by atoms with van der Waals surface area (Å²) >= 11 is 0. The predicted molar refractivity (Wildman–Crippen MR) is 62.3 cm³/mol. The van der Waals surface area contributed by atoms with Crippen LogP contribution in [0.5, 0.6) is 0 Å². The molecule has 5 heteroatoms. The molecule has 1 N–H and O–H groups in total. The molecule has 0 saturated heterocycles. The van der Waals surface area contributed by atoms with Crippen LogP contribution in [0.1, 0.15) is 39.4 Å². The number of nitrogens with one attached hydrogen (secondary N) is 1. The summed E-state index contributed by atoms with van der Waals surface area (Å²) in [5, 5.41) is 2.85. The first-order chi connectivity index (χ1) is 7.91. The first kappa shape index (κ1) is 11.8. The zero-order valence-corrected chi connectivity index (χ0v) is 10.4. The molecule has 0 atom stereocenters. The Labute approximate surface area is 101 Å². The molecule has 92 valence electrons. The van der Waals surface area contributed by atoms with Crippen LogP contribution in [0.25, 0.3) is 0 Å². The van der Waals surface area contributed by atoms with Gasteiger partial charge < -0.3 is 10.1 Å². The number of carbonyl (C=O) groups excluding carboxylic acids is 1. The minimum absolute atomic E-state index is 0.413. The number of alkyl carbamates (subject to hydrolysis) is 1. The van der Waals surface area contributed by atoms with Gasteiger partial charge in [0.2, 0.25) is 0 Å². The zero-order valence-electron chi connectivity index (χ0n) is 10.4. The number of carbonyl (C=O) groups is 1. The summed E-state index contributed by atoms with van der Waals surface area (Å²) in [6, 6.07) is 1.76. The number of hydrogen-bond acceptors (Lipinski definition) is 4. The molecule has 1 aliphatic carbocycles. The van der Waals surface area contributed by atoms with Crippen molar-refractivity contribution in [2.45, 2.75) is 44.8 Å². The van der Waals surface area contributed by atoms with E-state index in [1.54, 1.807) is 18.5 Å². The second-order valence-corrected chi connectivity index (χ2v) is 5.28. The lowest BCUT2D eigenvalue weighted by atomic mass is 10.2. The summed E-state index contributed by atoms with van der Waals surface area (Å²) in [4.78, 5) is 20.1. The van der Waals surface area contributed by atoms with Crippen molar-refractivity contribution >= 4 is 6.09 Å². The summed E-state index contributed by atoms with van der Waals surface area (Å²) in [5.74, 6) is 0.658. The number of amides is 1. The number of aromatic nitrogens is 2. The van der Waals surface area contributed by atoms with Gasteiger partial charge in [-0.25, -0.2) is 14.8 Å². The van der Waals surface area contributed by atoms with Gasteiger partial charge in [0.15, 0.2) is 5.82 Å². The van der Waals surface area contributed by atoms with E-state index in [9.17, 15) is 4.79 Å². The maximum atomic E-state index is 11.7. The van der Waals surface area contributed by atoms with Crippen LogP contribution in [0.4, 0.5) is 4.79 Å². The van der Waals surface area contributed by atoms with E-state index in [1.807, 2.05) is 20.8 Å². The first-order valence-corrected chi connectivity index (χ1v) is 5.70. The third-order valence-corrected chi connectivity index (χ3v) is 2.48. The van der Waals surface area contributed by atoms with Gasteiger partial charge >= 0.3 is 6.09 Å². The fourth-order valence-corrected chi connectivity index (χ4v) is 1.57. The summed E-state index contributed by atoms with van der Waals surface area (Å²) in [5.41, 5.74) is -0.901. The average molecular weight is 235 g/mol. The van der Waals surface area contributed by atoms with Crippen molar-refractivity contribution < 1.29 is 9.53 Å². The van der Waals surface area contributed by atoms with E-state index < -0.39 is 17.2 Å². The molecule has 0 spiro atoms. The minimum Gasteiger partial charge on any atom is -0.444 e. The molecule has 17 heavy (non-hydrogen) atoms. The summed E-state index contributed by atoms with van der Waals surface area (Å²) in [7, 11) is 0. The predicted octanol–water partition coefficient (Wildman–Crippen LogP) is 1.99. The molecule has 0 bridgehead atoms. The van der Waals surface area contributed by atoms with Crippen molar-refractivity contribution in [2.75, 3.05) is 0 Å². The van der Waals surface area contributed by atoms with Crippen LogP contribution in [0.3, 0.4) is 0 Å². The van der Waals surface area contributed by atoms with E-state index in [4.69, 9.17) is 4.74 Å². The van der Waals surface area contributed by atoms with Crippen molar-refractivity contribution in [2.24, 2.45) is 0 Å². The van der Waals surface area contributed by atoms with Gasteiger partial charge in [-0.1, -0.05) is 0 Å². The Hall–Kier alpha value is -1.65. The van der Waals surface area contributed by atoms with E-state index in [2.05, 4.69) is 15.3 Å². The van der Waals surface area contributed by atoms with Crippen LogP contribution >= 0.6 is 0 Å². The van der Waals surface area contributed by atoms with Crippen molar-refractivity contribution in [3.8, 4) is 0 Å². The maximum absolute atomic E-state index is 11.7. The zero-order chi connectivity index (χ0) is 12.5. The molecule has 1 aliphatic rings. The Morgan fingerprint density at radius 1 is 1.35 bits per heavy atom. The van der Waals surface area contributed by atoms with Crippen molar-refractivity contribution in [3.63, 3.8) is 0 Å². The van der Waals surface area contributed by atoms with E-state index in [-0.39, 0.29) is 0 Å². The Kier molecular flexibility index (Phi) is 2.77. The number of ether oxygens (including phenoxy) is 1. The number of hydrogen-bond donors (Lipinski definition) is 1. The standard InChI is InChI=1S/C12H17N3O2/c1-11(2,3)17-10(16)15-12(5-6-12)9-13-7-4-8-14-9/h4,7-8H,5-6H2,1-3H3,(H,15,16). The molecule has 0 aromatic carbocycles. The Balaban J connectivity index is 2.02. The van der Waals surface area contributed by atoms with Gasteiger partial charge in [0.05, 0.1) is 0 Å². The first-order valence-electron chi connectivity index (χ1n) is 5.70. The van der Waals surface area contributed by atoms with Crippen molar-refractivity contribution in [3.05, 3.63) is 24.3 Å². The smallest absolute Gasteiger partial charge is 0.408 e. The fraction of sp³-hybridized carbons (Fsp3) is 0.583. The van der Waals surface area contributed by atoms with Crippen LogP contribution in [-0.4, -0.2) is 21.7 Å². The second-order valence-electron chi connectivity index (χ2n) is 5.28. The third kappa shape index (κ3) is 2.93. The highest BCUT2D eigenvalue weighted by Crippen LogP contribution is 2.43. The fourth-order valence-electron chi connectivity index (χ4n) is 1.57. The van der Waals surface area contributed by atoms with Crippen LogP contribution in [0, 0.1) is 0 Å². The van der Waals surface area contributed by atoms with Crippen molar-refractivity contribution in [1.82, 2.24) is 15.3 Å². The van der Waals surface area contributed by atoms with Gasteiger partial charge in [0.1, 0.15) is 11.1 Å². The molecule has 1 heterocycles. The van der Waals surface area contributed by atoms with Gasteiger partial charge in [0, 0.05) is 12.4 Å². The Morgan fingerprint density at radius 3 is 2.41 bits per heavy atom. The number of rotatable bonds is 2. The van der Waals surface area contributed by atoms with Crippen LogP contribution in [-0.2, 0) is 10.3 Å². The highest BCUT2D eigenvalue weighted by Gasteiger charge is 2.49. The molecule has 0 unspecified atom stereocenters. The van der Waals surface area contributed by atoms with Gasteiger partial charge in [-0.2, -0.15) is 0 Å². The minimum atomic E-state index is -0.488. The Bertz CT molecular complexity index is 408. The summed E-state index contributed by atoms with van der Waals surface area (Å²) < 4.78 is 5.23. The van der Waals surface area contributed by atoms with E-state index in [0.717, 1.165) is 12.8 Å². The van der Waals surface area contributed by atoms with Gasteiger partial charge in [-0.3, -0.25) is 0 Å². The molecular formula is C12H17N3O2. The number of nitrogens with zero attached hydrogens (tertiary/aromatic N) is 2. The van der Waals surface area contributed by atoms with E-state index >= 15 is 0 Å². The monoisotopic (exact) mass is 235 g/mol. The molecule has 1 fully saturated rings. The van der Waals surface area contributed by atoms with Gasteiger partial charge in [-0.05, 0) is 39.7 Å². The summed E-state index contributed by atoms with van der Waals surface area (Å²) in [6.45, 7) is 5.52. The molecule has 2 rings (SSSR count). The quantitative estimate of drug-likeness (QED) is 0.851. The molecule has 0 radical (unpaired) electrons. The highest BCUT2D eigenvalue weighted by molar-refractivity contribution is 5.69. The molecule has 1 aromatic rings. The topological polar surface area (TPSA) is 64.1 Å². The van der Waals surface area contributed by atoms with Gasteiger partial charge in [-0.15, -0.1) is 0 Å². The van der Waals surface area contributed by atoms with Crippen molar-refractivity contribution in [1.29, 1.82) is 0 Å². The molecule has 1 saturated carbocycles. The largest absolute Gasteiger partial charge is 0.444 e. The molecule has 1 aromatic heterocycles. The molecule has 5 nitrogen and oxygen atoms in total.